The van der Waals surface area contributed by atoms with Crippen molar-refractivity contribution in [2.24, 2.45) is 0 Å². The molecule has 0 unspecified atom stereocenters. The Morgan fingerprint density at radius 3 is 2.13 bits per heavy atom. The van der Waals surface area contributed by atoms with Gasteiger partial charge in [0.15, 0.2) is 5.43 Å². The van der Waals surface area contributed by atoms with Crippen LogP contribution >= 0.6 is 0 Å². The molecule has 38 heavy (non-hydrogen) atoms. The third kappa shape index (κ3) is 4.20. The Hall–Kier alpha value is -5.16. The maximum atomic E-state index is 12.4. The highest BCUT2D eigenvalue weighted by Crippen LogP contribution is 2.49. The number of rotatable bonds is 4. The number of ether oxygens (including phenoxy) is 1. The Balaban J connectivity index is 1.80. The van der Waals surface area contributed by atoms with Gasteiger partial charge in [-0.2, -0.15) is 0 Å². The predicted molar refractivity (Wildman–Crippen MR) is 148 cm³/mol. The molecule has 0 fully saturated rings. The van der Waals surface area contributed by atoms with Gasteiger partial charge in [0.1, 0.15) is 22.8 Å². The largest absolute Gasteiger partial charge is 0.508 e. The van der Waals surface area contributed by atoms with E-state index < -0.39 is 5.97 Å². The molecule has 0 spiro atoms. The minimum atomic E-state index is -0.454. The van der Waals surface area contributed by atoms with E-state index in [9.17, 15) is 14.7 Å². The van der Waals surface area contributed by atoms with Crippen molar-refractivity contribution in [1.29, 1.82) is 0 Å². The van der Waals surface area contributed by atoms with Crippen LogP contribution in [0.15, 0.2) is 118 Å². The Morgan fingerprint density at radius 2 is 1.42 bits per heavy atom. The third-order valence-corrected chi connectivity index (χ3v) is 6.47. The number of hydrogen-bond donors (Lipinski definition) is 1. The van der Waals surface area contributed by atoms with Crippen molar-refractivity contribution in [1.82, 2.24) is 0 Å². The molecule has 5 nitrogen and oxygen atoms in total. The second kappa shape index (κ2) is 9.37. The molecule has 4 aromatic rings. The van der Waals surface area contributed by atoms with Gasteiger partial charge in [0.2, 0.25) is 0 Å². The zero-order valence-corrected chi connectivity index (χ0v) is 20.5. The van der Waals surface area contributed by atoms with Gasteiger partial charge in [-0.25, -0.2) is 0 Å². The summed E-state index contributed by atoms with van der Waals surface area (Å²) in [5, 5.41) is 10.9. The monoisotopic (exact) mass is 498 g/mol. The second-order valence-corrected chi connectivity index (χ2v) is 9.04. The first-order chi connectivity index (χ1) is 18.5. The molecule has 4 aromatic carbocycles. The Bertz CT molecular complexity index is 1840. The number of phenols is 1. The molecule has 184 valence electrons. The molecule has 1 aliphatic carbocycles. The summed E-state index contributed by atoms with van der Waals surface area (Å²) in [5.74, 6) is 0.327. The molecule has 2 aliphatic rings. The van der Waals surface area contributed by atoms with Gasteiger partial charge in [-0.3, -0.25) is 9.59 Å². The smallest absolute Gasteiger partial charge is 0.308 e. The first kappa shape index (κ1) is 23.3. The molecule has 0 radical (unpaired) electrons. The van der Waals surface area contributed by atoms with Crippen LogP contribution in [-0.2, 0) is 4.79 Å². The van der Waals surface area contributed by atoms with Gasteiger partial charge in [-0.1, -0.05) is 60.7 Å². The number of phenolic OH excluding ortho intramolecular Hbond substituents is 1. The van der Waals surface area contributed by atoms with Crippen LogP contribution in [0.2, 0.25) is 0 Å². The minimum absolute atomic E-state index is 0.0349. The summed E-state index contributed by atoms with van der Waals surface area (Å²) in [4.78, 5) is 24.7. The summed E-state index contributed by atoms with van der Waals surface area (Å²) in [6.45, 7) is 1.37. The maximum Gasteiger partial charge on any atom is 0.308 e. The average Bonchev–Trinajstić information content (AvgIpc) is 2.92. The normalized spacial score (nSPS) is 11.1. The molecular weight excluding hydrogens is 476 g/mol. The summed E-state index contributed by atoms with van der Waals surface area (Å²) in [6.07, 6.45) is 0. The number of benzene rings is 5. The number of hydrogen-bond acceptors (Lipinski definition) is 5. The van der Waals surface area contributed by atoms with Crippen LogP contribution in [0.25, 0.3) is 55.7 Å². The average molecular weight is 499 g/mol. The number of carbonyl (C=O) groups is 1. The van der Waals surface area contributed by atoms with E-state index in [0.29, 0.717) is 33.6 Å². The number of fused-ring (bicyclic) bond motifs is 2. The van der Waals surface area contributed by atoms with Gasteiger partial charge in [0.25, 0.3) is 0 Å². The molecule has 1 heterocycles. The summed E-state index contributed by atoms with van der Waals surface area (Å²) in [7, 11) is 0. The first-order valence-electron chi connectivity index (χ1n) is 12.2. The molecule has 0 amide bonds. The van der Waals surface area contributed by atoms with Crippen molar-refractivity contribution in [3.05, 3.63) is 119 Å². The Kier molecular flexibility index (Phi) is 5.74. The van der Waals surface area contributed by atoms with Crippen LogP contribution in [0.5, 0.6) is 11.5 Å². The molecular formula is C33H22O5. The van der Waals surface area contributed by atoms with Crippen molar-refractivity contribution >= 4 is 16.9 Å². The zero-order chi connectivity index (χ0) is 26.2. The lowest BCUT2D eigenvalue weighted by atomic mass is 9.86. The van der Waals surface area contributed by atoms with Crippen LogP contribution < -0.4 is 10.2 Å². The third-order valence-electron chi connectivity index (χ3n) is 6.47. The van der Waals surface area contributed by atoms with E-state index in [4.69, 9.17) is 9.15 Å². The van der Waals surface area contributed by atoms with Crippen LogP contribution in [0.1, 0.15) is 6.92 Å². The summed E-state index contributed by atoms with van der Waals surface area (Å²) >= 11 is 0. The number of carbonyl (C=O) groups excluding carboxylic acids is 1. The molecule has 0 bridgehead atoms. The first-order valence-corrected chi connectivity index (χ1v) is 12.2. The van der Waals surface area contributed by atoms with Gasteiger partial charge < -0.3 is 14.3 Å². The van der Waals surface area contributed by atoms with Crippen LogP contribution in [0, 0.1) is 0 Å². The van der Waals surface area contributed by atoms with E-state index in [-0.39, 0.29) is 11.2 Å². The molecule has 0 saturated heterocycles. The number of aromatic hydroxyl groups is 1. The molecule has 0 atom stereocenters. The lowest BCUT2D eigenvalue weighted by Crippen LogP contribution is -2.06. The highest BCUT2D eigenvalue weighted by Gasteiger charge is 2.25. The topological polar surface area (TPSA) is 76.7 Å². The maximum absolute atomic E-state index is 12.4. The van der Waals surface area contributed by atoms with Gasteiger partial charge >= 0.3 is 5.97 Å². The number of esters is 1. The zero-order valence-electron chi connectivity index (χ0n) is 20.5. The standard InChI is InChI=1S/C33H22O5/c1-20(34)37-31-17-23(21-8-4-2-5-9-21)16-28(22-10-6-3-7-11-22)33(31)32-26-14-12-24(35)18-29(26)38-30-19-25(36)13-15-27(30)32/h2-19,35H,1H3. The molecule has 5 heteroatoms. The highest BCUT2D eigenvalue weighted by molar-refractivity contribution is 6.08. The highest BCUT2D eigenvalue weighted by atomic mass is 16.5. The molecule has 0 saturated carbocycles. The Labute approximate surface area is 218 Å². The van der Waals surface area contributed by atoms with Crippen molar-refractivity contribution in [2.45, 2.75) is 6.92 Å². The molecule has 1 aliphatic heterocycles. The second-order valence-electron chi connectivity index (χ2n) is 9.04. The van der Waals surface area contributed by atoms with E-state index in [1.165, 1.54) is 25.1 Å². The van der Waals surface area contributed by atoms with E-state index in [0.717, 1.165) is 27.8 Å². The van der Waals surface area contributed by atoms with Gasteiger partial charge in [0.05, 0.1) is 0 Å². The molecule has 6 rings (SSSR count). The SMILES string of the molecule is CC(=O)Oc1cc(-c2ccccc2)cc(-c2ccccc2)c1-c1c2ccc(=O)cc-2oc2cc(O)ccc12. The van der Waals surface area contributed by atoms with Crippen LogP contribution in [-0.4, -0.2) is 11.1 Å². The summed E-state index contributed by atoms with van der Waals surface area (Å²) < 4.78 is 12.0. The van der Waals surface area contributed by atoms with E-state index in [1.807, 2.05) is 66.7 Å². The van der Waals surface area contributed by atoms with Crippen molar-refractivity contribution in [3.63, 3.8) is 0 Å². The Morgan fingerprint density at radius 1 is 0.711 bits per heavy atom. The summed E-state index contributed by atoms with van der Waals surface area (Å²) in [6, 6.07) is 33.2. The fourth-order valence-electron chi connectivity index (χ4n) is 4.88. The fourth-order valence-corrected chi connectivity index (χ4v) is 4.88. The van der Waals surface area contributed by atoms with Crippen molar-refractivity contribution in [2.75, 3.05) is 0 Å². The van der Waals surface area contributed by atoms with Crippen molar-refractivity contribution in [3.8, 4) is 56.2 Å². The van der Waals surface area contributed by atoms with E-state index >= 15 is 0 Å². The quantitative estimate of drug-likeness (QED) is 0.154. The van der Waals surface area contributed by atoms with Crippen LogP contribution in [0.3, 0.4) is 0 Å². The van der Waals surface area contributed by atoms with Gasteiger partial charge in [0, 0.05) is 41.1 Å². The molecule has 1 N–H and O–H groups in total. The fraction of sp³-hybridized carbons (Fsp3) is 0.0303. The molecule has 0 aromatic heterocycles. The lowest BCUT2D eigenvalue weighted by molar-refractivity contribution is -0.131. The van der Waals surface area contributed by atoms with Gasteiger partial charge in [-0.15, -0.1) is 0 Å². The minimum Gasteiger partial charge on any atom is -0.508 e. The van der Waals surface area contributed by atoms with Crippen LogP contribution in [0.4, 0.5) is 0 Å². The predicted octanol–water partition coefficient (Wildman–Crippen LogP) is 7.53. The van der Waals surface area contributed by atoms with Gasteiger partial charge in [-0.05, 0) is 58.7 Å². The van der Waals surface area contributed by atoms with E-state index in [2.05, 4.69) is 6.07 Å². The van der Waals surface area contributed by atoms with Crippen molar-refractivity contribution < 1.29 is 19.1 Å². The lowest BCUT2D eigenvalue weighted by Gasteiger charge is -2.22. The summed E-state index contributed by atoms with van der Waals surface area (Å²) in [5.41, 5.74) is 5.93. The van der Waals surface area contributed by atoms with E-state index in [1.54, 1.807) is 18.2 Å².